The lowest BCUT2D eigenvalue weighted by Gasteiger charge is -2.11. The first-order valence-corrected chi connectivity index (χ1v) is 6.25. The first kappa shape index (κ1) is 15.2. The maximum atomic E-state index is 11.8. The minimum atomic E-state index is -4.34. The number of hydrogen-bond donors (Lipinski definition) is 1. The van der Waals surface area contributed by atoms with Gasteiger partial charge in [0.2, 0.25) is 10.0 Å². The highest BCUT2D eigenvalue weighted by molar-refractivity contribution is 7.89. The highest BCUT2D eigenvalue weighted by atomic mass is 32.2. The molecule has 1 atom stereocenters. The van der Waals surface area contributed by atoms with Crippen molar-refractivity contribution in [3.05, 3.63) is 0 Å². The Morgan fingerprint density at radius 1 is 1.44 bits per heavy atom. The van der Waals surface area contributed by atoms with E-state index in [2.05, 4.69) is 4.72 Å². The van der Waals surface area contributed by atoms with E-state index in [-0.39, 0.29) is 6.42 Å². The van der Waals surface area contributed by atoms with Gasteiger partial charge in [0.05, 0.1) is 18.2 Å². The summed E-state index contributed by atoms with van der Waals surface area (Å²) in [4.78, 5) is 0. The van der Waals surface area contributed by atoms with Gasteiger partial charge in [-0.05, 0) is 13.3 Å². The van der Waals surface area contributed by atoms with Crippen LogP contribution < -0.4 is 4.72 Å². The normalized spacial score (nSPS) is 14.4. The highest BCUT2D eigenvalue weighted by Crippen LogP contribution is 2.21. The minimum absolute atomic E-state index is 0.0154. The van der Waals surface area contributed by atoms with Crippen LogP contribution in [0.1, 0.15) is 26.2 Å². The third-order valence-electron chi connectivity index (χ3n) is 1.65. The third kappa shape index (κ3) is 8.49. The average Bonchev–Trinajstić information content (AvgIpc) is 1.99. The molecule has 8 heteroatoms. The first-order valence-electron chi connectivity index (χ1n) is 4.60. The maximum Gasteiger partial charge on any atom is 0.389 e. The number of nitrogens with one attached hydrogen (secondary N) is 1. The molecular formula is C8H13F3N2O2S. The minimum Gasteiger partial charge on any atom is -0.212 e. The van der Waals surface area contributed by atoms with Crippen LogP contribution in [-0.2, 0) is 10.0 Å². The van der Waals surface area contributed by atoms with Crippen LogP contribution in [0.5, 0.6) is 0 Å². The Balaban J connectivity index is 4.03. The average molecular weight is 258 g/mol. The molecule has 0 heterocycles. The summed E-state index contributed by atoms with van der Waals surface area (Å²) in [7, 11) is -3.73. The fourth-order valence-electron chi connectivity index (χ4n) is 1.01. The van der Waals surface area contributed by atoms with Gasteiger partial charge in [0, 0.05) is 12.5 Å². The van der Waals surface area contributed by atoms with E-state index in [9.17, 15) is 21.6 Å². The van der Waals surface area contributed by atoms with Crippen LogP contribution in [0.2, 0.25) is 0 Å². The molecule has 0 aliphatic carbocycles. The van der Waals surface area contributed by atoms with E-state index < -0.39 is 40.8 Å². The molecule has 4 nitrogen and oxygen atoms in total. The van der Waals surface area contributed by atoms with Crippen molar-refractivity contribution < 1.29 is 21.6 Å². The molecule has 0 aliphatic heterocycles. The van der Waals surface area contributed by atoms with Crippen molar-refractivity contribution in [1.29, 1.82) is 5.26 Å². The molecule has 0 aliphatic rings. The van der Waals surface area contributed by atoms with Gasteiger partial charge in [0.25, 0.3) is 0 Å². The van der Waals surface area contributed by atoms with Gasteiger partial charge in [-0.2, -0.15) is 18.4 Å². The van der Waals surface area contributed by atoms with E-state index in [1.165, 1.54) is 6.92 Å². The smallest absolute Gasteiger partial charge is 0.212 e. The number of halogens is 3. The van der Waals surface area contributed by atoms with Crippen LogP contribution in [0.15, 0.2) is 0 Å². The van der Waals surface area contributed by atoms with Crippen molar-refractivity contribution in [3.63, 3.8) is 0 Å². The van der Waals surface area contributed by atoms with Crippen LogP contribution in [0.25, 0.3) is 0 Å². The molecule has 0 saturated carbocycles. The maximum absolute atomic E-state index is 11.8. The van der Waals surface area contributed by atoms with Crippen LogP contribution >= 0.6 is 0 Å². The fourth-order valence-corrected chi connectivity index (χ4v) is 2.35. The van der Waals surface area contributed by atoms with E-state index in [1.54, 1.807) is 6.07 Å². The van der Waals surface area contributed by atoms with E-state index in [1.807, 2.05) is 0 Å². The van der Waals surface area contributed by atoms with Gasteiger partial charge < -0.3 is 0 Å². The summed E-state index contributed by atoms with van der Waals surface area (Å²) in [6, 6.07) is 1.18. The first-order chi connectivity index (χ1) is 7.16. The number of nitrogens with zero attached hydrogens (tertiary/aromatic N) is 1. The van der Waals surface area contributed by atoms with Crippen molar-refractivity contribution in [3.8, 4) is 6.07 Å². The molecule has 1 N–H and O–H groups in total. The largest absolute Gasteiger partial charge is 0.389 e. The Labute approximate surface area is 92.5 Å². The molecule has 0 aromatic carbocycles. The van der Waals surface area contributed by atoms with Gasteiger partial charge in [0.15, 0.2) is 0 Å². The zero-order valence-corrected chi connectivity index (χ0v) is 9.53. The Kier molecular flexibility index (Phi) is 5.75. The number of alkyl halides is 3. The summed E-state index contributed by atoms with van der Waals surface area (Å²) in [6.45, 7) is 1.48. The molecule has 0 aromatic heterocycles. The lowest BCUT2D eigenvalue weighted by Crippen LogP contribution is -2.34. The van der Waals surface area contributed by atoms with Crippen LogP contribution in [-0.4, -0.2) is 26.4 Å². The van der Waals surface area contributed by atoms with Crippen LogP contribution in [0.3, 0.4) is 0 Å². The molecule has 94 valence electrons. The van der Waals surface area contributed by atoms with E-state index >= 15 is 0 Å². The molecule has 1 unspecified atom stereocenters. The van der Waals surface area contributed by atoms with Gasteiger partial charge in [-0.3, -0.25) is 0 Å². The second-order valence-electron chi connectivity index (χ2n) is 3.42. The van der Waals surface area contributed by atoms with Gasteiger partial charge >= 0.3 is 6.18 Å². The number of sulfonamides is 1. The number of hydrogen-bond acceptors (Lipinski definition) is 3. The molecule has 16 heavy (non-hydrogen) atoms. The molecule has 0 amide bonds. The van der Waals surface area contributed by atoms with Gasteiger partial charge in [-0.15, -0.1) is 0 Å². The Hall–Kier alpha value is -0.810. The Bertz CT molecular complexity index is 345. The summed E-state index contributed by atoms with van der Waals surface area (Å²) in [5.74, 6) is -0.581. The summed E-state index contributed by atoms with van der Waals surface area (Å²) in [6.07, 6.45) is -5.95. The molecule has 0 spiro atoms. The molecule has 0 aromatic rings. The highest BCUT2D eigenvalue weighted by Gasteiger charge is 2.27. The topological polar surface area (TPSA) is 70.0 Å². The summed E-state index contributed by atoms with van der Waals surface area (Å²) >= 11 is 0. The van der Waals surface area contributed by atoms with Crippen molar-refractivity contribution >= 4 is 10.0 Å². The predicted molar refractivity (Wildman–Crippen MR) is 51.9 cm³/mol. The summed E-state index contributed by atoms with van der Waals surface area (Å²) in [5.41, 5.74) is 0. The van der Waals surface area contributed by atoms with Crippen LogP contribution in [0, 0.1) is 11.3 Å². The Morgan fingerprint density at radius 2 is 2.00 bits per heavy atom. The SMILES string of the molecule is CC(CC#N)NS(=O)(=O)CCCC(F)(F)F. The predicted octanol–water partition coefficient (Wildman–Crippen LogP) is 1.55. The van der Waals surface area contributed by atoms with Crippen molar-refractivity contribution in [1.82, 2.24) is 4.72 Å². The molecule has 0 bridgehead atoms. The number of nitriles is 1. The van der Waals surface area contributed by atoms with Gasteiger partial charge in [-0.25, -0.2) is 13.1 Å². The summed E-state index contributed by atoms with van der Waals surface area (Å²) < 4.78 is 59.8. The lowest BCUT2D eigenvalue weighted by atomic mass is 10.3. The zero-order valence-electron chi connectivity index (χ0n) is 8.71. The second kappa shape index (κ2) is 6.06. The quantitative estimate of drug-likeness (QED) is 0.785. The van der Waals surface area contributed by atoms with Crippen molar-refractivity contribution in [2.75, 3.05) is 5.75 Å². The van der Waals surface area contributed by atoms with Gasteiger partial charge in [-0.1, -0.05) is 0 Å². The monoisotopic (exact) mass is 258 g/mol. The van der Waals surface area contributed by atoms with Crippen molar-refractivity contribution in [2.45, 2.75) is 38.4 Å². The number of rotatable bonds is 6. The Morgan fingerprint density at radius 3 is 2.44 bits per heavy atom. The van der Waals surface area contributed by atoms with Gasteiger partial charge in [0.1, 0.15) is 0 Å². The molecular weight excluding hydrogens is 245 g/mol. The third-order valence-corrected chi connectivity index (χ3v) is 3.24. The molecule has 0 fully saturated rings. The standard InChI is InChI=1S/C8H13F3N2O2S/c1-7(3-5-12)13-16(14,15)6-2-4-8(9,10)11/h7,13H,2-4,6H2,1H3. The molecule has 0 rings (SSSR count). The fraction of sp³-hybridized carbons (Fsp3) is 0.875. The molecule has 0 saturated heterocycles. The van der Waals surface area contributed by atoms with Crippen molar-refractivity contribution in [2.24, 2.45) is 0 Å². The zero-order chi connectivity index (χ0) is 12.8. The second-order valence-corrected chi connectivity index (χ2v) is 5.29. The lowest BCUT2D eigenvalue weighted by molar-refractivity contribution is -0.134. The summed E-state index contributed by atoms with van der Waals surface area (Å²) in [5, 5.41) is 8.28. The molecule has 0 radical (unpaired) electrons. The van der Waals surface area contributed by atoms with E-state index in [0.29, 0.717) is 0 Å². The van der Waals surface area contributed by atoms with E-state index in [4.69, 9.17) is 5.26 Å². The van der Waals surface area contributed by atoms with E-state index in [0.717, 1.165) is 0 Å². The van der Waals surface area contributed by atoms with Crippen LogP contribution in [0.4, 0.5) is 13.2 Å².